The quantitative estimate of drug-likeness (QED) is 0.770. The van der Waals surface area contributed by atoms with Gasteiger partial charge in [0.15, 0.2) is 0 Å². The molecular formula is C17H21F3N4O2. The number of rotatable bonds is 6. The Morgan fingerprint density at radius 2 is 1.81 bits per heavy atom. The second-order valence-corrected chi connectivity index (χ2v) is 5.83. The summed E-state index contributed by atoms with van der Waals surface area (Å²) in [6.07, 6.45) is -3.80. The lowest BCUT2D eigenvalue weighted by atomic mass is 10.1. The zero-order valence-corrected chi connectivity index (χ0v) is 14.9. The van der Waals surface area contributed by atoms with Crippen molar-refractivity contribution < 1.29 is 22.4 Å². The summed E-state index contributed by atoms with van der Waals surface area (Å²) in [6, 6.07) is 6.57. The maximum atomic E-state index is 12.5. The Labute approximate surface area is 149 Å². The highest BCUT2D eigenvalue weighted by Gasteiger charge is 2.38. The molecule has 1 heterocycles. The molecule has 0 N–H and O–H groups in total. The van der Waals surface area contributed by atoms with Gasteiger partial charge in [0.2, 0.25) is 5.89 Å². The summed E-state index contributed by atoms with van der Waals surface area (Å²) in [6.45, 7) is 5.52. The fraction of sp³-hybridized carbons (Fsp3) is 0.471. The normalized spacial score (nSPS) is 11.5. The molecule has 0 spiro atoms. The average molecular weight is 370 g/mol. The third-order valence-corrected chi connectivity index (χ3v) is 3.78. The van der Waals surface area contributed by atoms with Gasteiger partial charge in [0.05, 0.1) is 0 Å². The average Bonchev–Trinajstić information content (AvgIpc) is 3.10. The number of aromatic nitrogens is 2. The summed E-state index contributed by atoms with van der Waals surface area (Å²) in [4.78, 5) is 15.7. The highest BCUT2D eigenvalue weighted by Crippen LogP contribution is 2.30. The molecule has 0 unspecified atom stereocenters. The molecule has 26 heavy (non-hydrogen) atoms. The van der Waals surface area contributed by atoms with E-state index >= 15 is 0 Å². The largest absolute Gasteiger partial charge is 0.470 e. The van der Waals surface area contributed by atoms with E-state index in [1.807, 2.05) is 13.8 Å². The molecule has 6 nitrogen and oxygen atoms in total. The van der Waals surface area contributed by atoms with Crippen molar-refractivity contribution in [3.8, 4) is 11.5 Å². The number of hydrogen-bond acceptors (Lipinski definition) is 4. The molecule has 0 radical (unpaired) electrons. The predicted octanol–water partition coefficient (Wildman–Crippen LogP) is 4.04. The number of nitrogens with zero attached hydrogens (tertiary/aromatic N) is 4. The van der Waals surface area contributed by atoms with Gasteiger partial charge in [-0.25, -0.2) is 4.79 Å². The van der Waals surface area contributed by atoms with Gasteiger partial charge in [-0.05, 0) is 31.0 Å². The molecule has 0 bridgehead atoms. The smallest absolute Gasteiger partial charge is 0.413 e. The van der Waals surface area contributed by atoms with Crippen LogP contribution in [0.3, 0.4) is 0 Å². The van der Waals surface area contributed by atoms with Gasteiger partial charge in [-0.1, -0.05) is 19.1 Å². The Kier molecular flexibility index (Phi) is 6.23. The van der Waals surface area contributed by atoms with Crippen molar-refractivity contribution in [1.82, 2.24) is 20.0 Å². The van der Waals surface area contributed by atoms with E-state index in [1.54, 1.807) is 41.1 Å². The lowest BCUT2D eigenvalue weighted by molar-refractivity contribution is -0.156. The SMILES string of the molecule is CCCN(C)C(=O)N(CC)Cc1ccc(-c2nnc(C(F)(F)F)o2)cc1. The fourth-order valence-electron chi connectivity index (χ4n) is 2.41. The van der Waals surface area contributed by atoms with Crippen molar-refractivity contribution in [2.75, 3.05) is 20.1 Å². The number of urea groups is 1. The van der Waals surface area contributed by atoms with Gasteiger partial charge in [0.1, 0.15) is 0 Å². The molecule has 0 aliphatic rings. The summed E-state index contributed by atoms with van der Waals surface area (Å²) < 4.78 is 42.2. The topological polar surface area (TPSA) is 62.5 Å². The number of halogens is 3. The molecule has 9 heteroatoms. The Balaban J connectivity index is 2.09. The van der Waals surface area contributed by atoms with Gasteiger partial charge in [0.25, 0.3) is 0 Å². The summed E-state index contributed by atoms with van der Waals surface area (Å²) >= 11 is 0. The van der Waals surface area contributed by atoms with Gasteiger partial charge >= 0.3 is 18.1 Å². The monoisotopic (exact) mass is 370 g/mol. The van der Waals surface area contributed by atoms with E-state index in [9.17, 15) is 18.0 Å². The van der Waals surface area contributed by atoms with Crippen molar-refractivity contribution in [2.24, 2.45) is 0 Å². The van der Waals surface area contributed by atoms with Crippen LogP contribution >= 0.6 is 0 Å². The van der Waals surface area contributed by atoms with Gasteiger partial charge in [0, 0.05) is 32.2 Å². The molecule has 0 aliphatic carbocycles. The minimum atomic E-state index is -4.67. The summed E-state index contributed by atoms with van der Waals surface area (Å²) in [5.74, 6) is -1.58. The predicted molar refractivity (Wildman–Crippen MR) is 89.1 cm³/mol. The van der Waals surface area contributed by atoms with Crippen molar-refractivity contribution in [2.45, 2.75) is 33.0 Å². The van der Waals surface area contributed by atoms with Crippen molar-refractivity contribution in [3.05, 3.63) is 35.7 Å². The molecule has 2 rings (SSSR count). The first-order valence-electron chi connectivity index (χ1n) is 8.26. The molecule has 0 saturated carbocycles. The van der Waals surface area contributed by atoms with E-state index in [0.29, 0.717) is 25.2 Å². The third-order valence-electron chi connectivity index (χ3n) is 3.78. The second kappa shape index (κ2) is 8.20. The molecule has 0 fully saturated rings. The Morgan fingerprint density at radius 1 is 1.15 bits per heavy atom. The molecule has 0 atom stereocenters. The zero-order valence-electron chi connectivity index (χ0n) is 14.9. The van der Waals surface area contributed by atoms with E-state index < -0.39 is 12.1 Å². The van der Waals surface area contributed by atoms with Gasteiger partial charge in [-0.15, -0.1) is 10.2 Å². The van der Waals surface area contributed by atoms with Crippen LogP contribution in [0.4, 0.5) is 18.0 Å². The minimum absolute atomic E-state index is 0.0647. The standard InChI is InChI=1S/C17H21F3N4O2/c1-4-10-23(3)16(25)24(5-2)11-12-6-8-13(9-7-12)14-21-22-15(26-14)17(18,19)20/h6-9H,4-5,10-11H2,1-3H3. The van der Waals surface area contributed by atoms with Crippen LogP contribution < -0.4 is 0 Å². The number of alkyl halides is 3. The Hall–Kier alpha value is -2.58. The molecule has 142 valence electrons. The molecule has 2 aromatic rings. The molecule has 2 amide bonds. The van der Waals surface area contributed by atoms with E-state index in [0.717, 1.165) is 12.0 Å². The van der Waals surface area contributed by atoms with E-state index in [4.69, 9.17) is 0 Å². The van der Waals surface area contributed by atoms with Crippen LogP contribution in [0, 0.1) is 0 Å². The maximum absolute atomic E-state index is 12.5. The number of carbonyl (C=O) groups excluding carboxylic acids is 1. The summed E-state index contributed by atoms with van der Waals surface area (Å²) in [5, 5.41) is 6.43. The van der Waals surface area contributed by atoms with Crippen LogP contribution in [0.5, 0.6) is 0 Å². The third kappa shape index (κ3) is 4.74. The summed E-state index contributed by atoms with van der Waals surface area (Å²) in [7, 11) is 1.76. The Bertz CT molecular complexity index is 728. The number of hydrogen-bond donors (Lipinski definition) is 0. The van der Waals surface area contributed by atoms with Crippen molar-refractivity contribution in [3.63, 3.8) is 0 Å². The first kappa shape index (κ1) is 19.7. The molecule has 0 aliphatic heterocycles. The van der Waals surface area contributed by atoms with Gasteiger partial charge in [-0.2, -0.15) is 13.2 Å². The Morgan fingerprint density at radius 3 is 2.31 bits per heavy atom. The van der Waals surface area contributed by atoms with E-state index in [-0.39, 0.29) is 11.9 Å². The van der Waals surface area contributed by atoms with Crippen LogP contribution in [0.1, 0.15) is 31.7 Å². The van der Waals surface area contributed by atoms with Crippen LogP contribution in [0.2, 0.25) is 0 Å². The first-order valence-corrected chi connectivity index (χ1v) is 8.26. The molecule has 1 aromatic carbocycles. The summed E-state index contributed by atoms with van der Waals surface area (Å²) in [5.41, 5.74) is 1.23. The van der Waals surface area contributed by atoms with Gasteiger partial charge < -0.3 is 14.2 Å². The highest BCUT2D eigenvalue weighted by molar-refractivity contribution is 5.74. The van der Waals surface area contributed by atoms with Crippen molar-refractivity contribution in [1.29, 1.82) is 0 Å². The fourth-order valence-corrected chi connectivity index (χ4v) is 2.41. The number of amides is 2. The first-order chi connectivity index (χ1) is 12.3. The lowest BCUT2D eigenvalue weighted by Gasteiger charge is -2.27. The molecular weight excluding hydrogens is 349 g/mol. The molecule has 1 aromatic heterocycles. The second-order valence-electron chi connectivity index (χ2n) is 5.83. The van der Waals surface area contributed by atoms with Crippen LogP contribution in [0.15, 0.2) is 28.7 Å². The van der Waals surface area contributed by atoms with E-state index in [2.05, 4.69) is 14.6 Å². The zero-order chi connectivity index (χ0) is 19.3. The maximum Gasteiger partial charge on any atom is 0.470 e. The van der Waals surface area contributed by atoms with Crippen molar-refractivity contribution >= 4 is 6.03 Å². The number of carbonyl (C=O) groups is 1. The highest BCUT2D eigenvalue weighted by atomic mass is 19.4. The van der Waals surface area contributed by atoms with Gasteiger partial charge in [-0.3, -0.25) is 0 Å². The van der Waals surface area contributed by atoms with E-state index in [1.165, 1.54) is 0 Å². The molecule has 0 saturated heterocycles. The van der Waals surface area contributed by atoms with Crippen LogP contribution in [-0.2, 0) is 12.7 Å². The van der Waals surface area contributed by atoms with Crippen LogP contribution in [0.25, 0.3) is 11.5 Å². The van der Waals surface area contributed by atoms with Crippen LogP contribution in [-0.4, -0.2) is 46.2 Å². The minimum Gasteiger partial charge on any atom is -0.413 e. The number of benzene rings is 1. The lowest BCUT2D eigenvalue weighted by Crippen LogP contribution is -2.40.